The fourth-order valence-electron chi connectivity index (χ4n) is 1.98. The zero-order valence-corrected chi connectivity index (χ0v) is 13.3. The Bertz CT molecular complexity index is 179. The number of hydrogen-bond acceptors (Lipinski definition) is 4. The van der Waals surface area contributed by atoms with E-state index in [-0.39, 0.29) is 0 Å². The van der Waals surface area contributed by atoms with Crippen LogP contribution in [0.5, 0.6) is 0 Å². The Morgan fingerprint density at radius 3 is 2.20 bits per heavy atom. The second kappa shape index (κ2) is 16.9. The summed E-state index contributed by atoms with van der Waals surface area (Å²) in [6.45, 7) is 5.27. The zero-order chi connectivity index (χ0) is 14.9. The van der Waals surface area contributed by atoms with E-state index in [2.05, 4.69) is 6.92 Å². The molecular weight excluding hydrogens is 254 g/mol. The standard InChI is InChI=1S/C16H35NO3/c1-2-3-4-9-15-20-16(18)11-6-5-8-13-19-14-10-7-12-17/h16,18H,2-15,17H2,1H3. The molecule has 0 fully saturated rings. The van der Waals surface area contributed by atoms with Crippen molar-refractivity contribution in [1.29, 1.82) is 0 Å². The molecule has 0 spiro atoms. The van der Waals surface area contributed by atoms with Crippen LogP contribution in [-0.2, 0) is 9.47 Å². The van der Waals surface area contributed by atoms with Crippen molar-refractivity contribution >= 4 is 0 Å². The van der Waals surface area contributed by atoms with Gasteiger partial charge in [-0.25, -0.2) is 0 Å². The van der Waals surface area contributed by atoms with Gasteiger partial charge < -0.3 is 20.3 Å². The largest absolute Gasteiger partial charge is 0.381 e. The van der Waals surface area contributed by atoms with Crippen LogP contribution in [0.25, 0.3) is 0 Å². The van der Waals surface area contributed by atoms with Gasteiger partial charge in [-0.2, -0.15) is 0 Å². The number of ether oxygens (including phenoxy) is 2. The van der Waals surface area contributed by atoms with Gasteiger partial charge in [-0.3, -0.25) is 0 Å². The third-order valence-corrected chi connectivity index (χ3v) is 3.29. The highest BCUT2D eigenvalue weighted by Crippen LogP contribution is 2.07. The van der Waals surface area contributed by atoms with Gasteiger partial charge in [-0.15, -0.1) is 0 Å². The van der Waals surface area contributed by atoms with E-state index in [0.717, 1.165) is 64.7 Å². The van der Waals surface area contributed by atoms with Crippen molar-refractivity contribution in [3.63, 3.8) is 0 Å². The van der Waals surface area contributed by atoms with E-state index in [9.17, 15) is 5.11 Å². The minimum Gasteiger partial charge on any atom is -0.381 e. The molecule has 4 nitrogen and oxygen atoms in total. The average Bonchev–Trinajstić information content (AvgIpc) is 2.45. The minimum atomic E-state index is -0.581. The van der Waals surface area contributed by atoms with Crippen LogP contribution < -0.4 is 5.73 Å². The number of rotatable bonds is 16. The maximum atomic E-state index is 9.64. The van der Waals surface area contributed by atoms with Crippen LogP contribution in [0.15, 0.2) is 0 Å². The Balaban J connectivity index is 3.09. The Labute approximate surface area is 125 Å². The van der Waals surface area contributed by atoms with E-state index in [1.54, 1.807) is 0 Å². The molecule has 0 saturated heterocycles. The van der Waals surface area contributed by atoms with Crippen LogP contribution in [-0.4, -0.2) is 37.8 Å². The smallest absolute Gasteiger partial charge is 0.154 e. The van der Waals surface area contributed by atoms with E-state index in [1.165, 1.54) is 19.3 Å². The first kappa shape index (κ1) is 19.8. The lowest BCUT2D eigenvalue weighted by Crippen LogP contribution is -2.12. The third-order valence-electron chi connectivity index (χ3n) is 3.29. The number of unbranched alkanes of at least 4 members (excludes halogenated alkanes) is 6. The summed E-state index contributed by atoms with van der Waals surface area (Å²) in [5, 5.41) is 9.64. The molecule has 1 atom stereocenters. The third kappa shape index (κ3) is 15.9. The fraction of sp³-hybridized carbons (Fsp3) is 1.00. The molecule has 0 rings (SSSR count). The van der Waals surface area contributed by atoms with Crippen LogP contribution >= 0.6 is 0 Å². The van der Waals surface area contributed by atoms with Crippen LogP contribution in [0.3, 0.4) is 0 Å². The SMILES string of the molecule is CCCCCCOC(O)CCCCCOCCCCN. The van der Waals surface area contributed by atoms with Crippen LogP contribution in [0, 0.1) is 0 Å². The summed E-state index contributed by atoms with van der Waals surface area (Å²) in [5.74, 6) is 0. The molecule has 0 aromatic carbocycles. The first-order chi connectivity index (χ1) is 9.81. The highest BCUT2D eigenvalue weighted by molar-refractivity contribution is 4.48. The summed E-state index contributed by atoms with van der Waals surface area (Å²) in [6.07, 6.45) is 10.2. The Morgan fingerprint density at radius 2 is 1.50 bits per heavy atom. The van der Waals surface area contributed by atoms with E-state index in [0.29, 0.717) is 6.61 Å². The second-order valence-corrected chi connectivity index (χ2v) is 5.34. The summed E-state index contributed by atoms with van der Waals surface area (Å²) >= 11 is 0. The number of nitrogens with two attached hydrogens (primary N) is 1. The van der Waals surface area contributed by atoms with Gasteiger partial charge in [0.05, 0.1) is 0 Å². The molecule has 20 heavy (non-hydrogen) atoms. The predicted octanol–water partition coefficient (Wildman–Crippen LogP) is 3.22. The summed E-state index contributed by atoms with van der Waals surface area (Å²) < 4.78 is 10.9. The van der Waals surface area contributed by atoms with E-state index in [4.69, 9.17) is 15.2 Å². The van der Waals surface area contributed by atoms with Gasteiger partial charge in [0.1, 0.15) is 0 Å². The first-order valence-electron chi connectivity index (χ1n) is 8.38. The summed E-state index contributed by atoms with van der Waals surface area (Å²) in [6, 6.07) is 0. The van der Waals surface area contributed by atoms with Crippen LogP contribution in [0.4, 0.5) is 0 Å². The maximum absolute atomic E-state index is 9.64. The quantitative estimate of drug-likeness (QED) is 0.338. The number of aliphatic hydroxyl groups excluding tert-OH is 1. The molecule has 4 heteroatoms. The molecule has 122 valence electrons. The number of aliphatic hydroxyl groups is 1. The molecule has 0 aromatic rings. The predicted molar refractivity (Wildman–Crippen MR) is 83.7 cm³/mol. The lowest BCUT2D eigenvalue weighted by atomic mass is 10.2. The normalized spacial score (nSPS) is 12.8. The Kier molecular flexibility index (Phi) is 16.8. The number of hydrogen-bond donors (Lipinski definition) is 2. The van der Waals surface area contributed by atoms with Gasteiger partial charge in [0, 0.05) is 19.8 Å². The highest BCUT2D eigenvalue weighted by atomic mass is 16.6. The first-order valence-corrected chi connectivity index (χ1v) is 8.38. The van der Waals surface area contributed by atoms with Crippen molar-refractivity contribution in [3.8, 4) is 0 Å². The maximum Gasteiger partial charge on any atom is 0.154 e. The van der Waals surface area contributed by atoms with Gasteiger partial charge in [0.25, 0.3) is 0 Å². The topological polar surface area (TPSA) is 64.7 Å². The molecule has 3 N–H and O–H groups in total. The molecule has 0 radical (unpaired) electrons. The van der Waals surface area contributed by atoms with E-state index >= 15 is 0 Å². The summed E-state index contributed by atoms with van der Waals surface area (Å²) in [7, 11) is 0. The fourth-order valence-corrected chi connectivity index (χ4v) is 1.98. The summed E-state index contributed by atoms with van der Waals surface area (Å²) in [5.41, 5.74) is 5.40. The van der Waals surface area contributed by atoms with Crippen molar-refractivity contribution in [2.24, 2.45) is 5.73 Å². The van der Waals surface area contributed by atoms with E-state index in [1.807, 2.05) is 0 Å². The lowest BCUT2D eigenvalue weighted by molar-refractivity contribution is -0.105. The van der Waals surface area contributed by atoms with Crippen molar-refractivity contribution in [2.45, 2.75) is 77.4 Å². The lowest BCUT2D eigenvalue weighted by Gasteiger charge is -2.11. The Hall–Kier alpha value is -0.160. The molecule has 1 unspecified atom stereocenters. The van der Waals surface area contributed by atoms with Gasteiger partial charge in [-0.05, 0) is 45.1 Å². The van der Waals surface area contributed by atoms with Gasteiger partial charge in [0.15, 0.2) is 6.29 Å². The molecule has 0 aliphatic rings. The van der Waals surface area contributed by atoms with Crippen molar-refractivity contribution < 1.29 is 14.6 Å². The van der Waals surface area contributed by atoms with Gasteiger partial charge >= 0.3 is 0 Å². The minimum absolute atomic E-state index is 0.581. The summed E-state index contributed by atoms with van der Waals surface area (Å²) in [4.78, 5) is 0. The molecule has 0 aliphatic carbocycles. The molecular formula is C16H35NO3. The molecule has 0 heterocycles. The second-order valence-electron chi connectivity index (χ2n) is 5.34. The van der Waals surface area contributed by atoms with Gasteiger partial charge in [0.2, 0.25) is 0 Å². The average molecular weight is 289 g/mol. The van der Waals surface area contributed by atoms with Crippen molar-refractivity contribution in [3.05, 3.63) is 0 Å². The molecule has 0 aromatic heterocycles. The van der Waals surface area contributed by atoms with Crippen molar-refractivity contribution in [2.75, 3.05) is 26.4 Å². The molecule has 0 saturated carbocycles. The van der Waals surface area contributed by atoms with Gasteiger partial charge in [-0.1, -0.05) is 32.6 Å². The Morgan fingerprint density at radius 1 is 0.850 bits per heavy atom. The van der Waals surface area contributed by atoms with Crippen LogP contribution in [0.2, 0.25) is 0 Å². The molecule has 0 amide bonds. The highest BCUT2D eigenvalue weighted by Gasteiger charge is 2.03. The molecule has 0 aliphatic heterocycles. The molecule has 0 bridgehead atoms. The monoisotopic (exact) mass is 289 g/mol. The van der Waals surface area contributed by atoms with Crippen LogP contribution in [0.1, 0.15) is 71.1 Å². The van der Waals surface area contributed by atoms with E-state index < -0.39 is 6.29 Å². The zero-order valence-electron chi connectivity index (χ0n) is 13.3. The van der Waals surface area contributed by atoms with Crippen molar-refractivity contribution in [1.82, 2.24) is 0 Å².